The summed E-state index contributed by atoms with van der Waals surface area (Å²) in [5.41, 5.74) is 11.0. The summed E-state index contributed by atoms with van der Waals surface area (Å²) >= 11 is 0. The molecule has 212 valence electrons. The Morgan fingerprint density at radius 1 is 0.400 bits per heavy atom. The van der Waals surface area contributed by atoms with Gasteiger partial charge in [0.2, 0.25) is 0 Å². The molecule has 0 fully saturated rings. The number of benzene rings is 7. The molecule has 8 rings (SSSR count). The molecule has 45 heavy (non-hydrogen) atoms. The Balaban J connectivity index is 1.35. The van der Waals surface area contributed by atoms with Gasteiger partial charge in [-0.05, 0) is 66.6 Å². The van der Waals surface area contributed by atoms with Crippen molar-refractivity contribution in [2.75, 3.05) is 0 Å². The number of furan rings is 1. The first-order chi connectivity index (χ1) is 22.3. The lowest BCUT2D eigenvalue weighted by Gasteiger charge is -2.20. The molecule has 0 N–H and O–H groups in total. The molecule has 0 bridgehead atoms. The van der Waals surface area contributed by atoms with Crippen molar-refractivity contribution in [3.8, 4) is 44.7 Å². The molecule has 0 unspecified atom stereocenters. The van der Waals surface area contributed by atoms with Crippen LogP contribution < -0.4 is 0 Å². The van der Waals surface area contributed by atoms with Gasteiger partial charge >= 0.3 is 0 Å². The van der Waals surface area contributed by atoms with Gasteiger partial charge in [0.25, 0.3) is 0 Å². The van der Waals surface area contributed by atoms with Crippen molar-refractivity contribution in [1.29, 1.82) is 0 Å². The van der Waals surface area contributed by atoms with Gasteiger partial charge in [0.1, 0.15) is 11.3 Å². The second kappa shape index (κ2) is 11.0. The monoisotopic (exact) mass is 574 g/mol. The van der Waals surface area contributed by atoms with Crippen LogP contribution in [0.25, 0.3) is 89.4 Å². The van der Waals surface area contributed by atoms with Crippen LogP contribution in [-0.4, -0.2) is 0 Å². The predicted molar refractivity (Wildman–Crippen MR) is 193 cm³/mol. The first kappa shape index (κ1) is 26.7. The molecule has 0 aliphatic heterocycles. The van der Waals surface area contributed by atoms with E-state index in [-0.39, 0.29) is 0 Å². The molecule has 1 aromatic heterocycles. The van der Waals surface area contributed by atoms with Gasteiger partial charge in [-0.2, -0.15) is 0 Å². The van der Waals surface area contributed by atoms with Gasteiger partial charge < -0.3 is 4.42 Å². The average molecular weight is 575 g/mol. The van der Waals surface area contributed by atoms with Crippen LogP contribution in [-0.2, 0) is 0 Å². The summed E-state index contributed by atoms with van der Waals surface area (Å²) in [6, 6.07) is 51.3. The van der Waals surface area contributed by atoms with Crippen LogP contribution in [0.4, 0.5) is 0 Å². The van der Waals surface area contributed by atoms with Crippen LogP contribution in [0.2, 0.25) is 0 Å². The topological polar surface area (TPSA) is 13.1 Å². The van der Waals surface area contributed by atoms with E-state index in [1.165, 1.54) is 32.7 Å². The molecule has 0 saturated heterocycles. The van der Waals surface area contributed by atoms with E-state index in [4.69, 9.17) is 4.42 Å². The van der Waals surface area contributed by atoms with Crippen LogP contribution in [0.15, 0.2) is 163 Å². The van der Waals surface area contributed by atoms with Crippen LogP contribution in [0.5, 0.6) is 0 Å². The van der Waals surface area contributed by atoms with Crippen molar-refractivity contribution in [3.05, 3.63) is 170 Å². The van der Waals surface area contributed by atoms with E-state index in [2.05, 4.69) is 153 Å². The third-order valence-electron chi connectivity index (χ3n) is 8.86. The third-order valence-corrected chi connectivity index (χ3v) is 8.86. The molecule has 0 atom stereocenters. The number of hydrogen-bond donors (Lipinski definition) is 0. The van der Waals surface area contributed by atoms with Gasteiger partial charge in [0, 0.05) is 16.5 Å². The van der Waals surface area contributed by atoms with E-state index in [0.29, 0.717) is 0 Å². The molecule has 0 radical (unpaired) electrons. The van der Waals surface area contributed by atoms with Gasteiger partial charge in [-0.3, -0.25) is 0 Å². The highest BCUT2D eigenvalue weighted by Crippen LogP contribution is 2.46. The normalized spacial score (nSPS) is 11.3. The second-order valence-corrected chi connectivity index (χ2v) is 11.3. The molecule has 0 saturated carbocycles. The van der Waals surface area contributed by atoms with E-state index >= 15 is 0 Å². The van der Waals surface area contributed by atoms with Gasteiger partial charge in [-0.1, -0.05) is 165 Å². The molecule has 0 spiro atoms. The maximum Gasteiger partial charge on any atom is 0.143 e. The van der Waals surface area contributed by atoms with Gasteiger partial charge in [0.05, 0.1) is 0 Å². The number of hydrogen-bond acceptors (Lipinski definition) is 1. The number of para-hydroxylation sites is 1. The summed E-state index contributed by atoms with van der Waals surface area (Å²) < 4.78 is 6.62. The summed E-state index contributed by atoms with van der Waals surface area (Å²) in [6.07, 6.45) is 3.94. The zero-order valence-electron chi connectivity index (χ0n) is 24.8. The number of fused-ring (bicyclic) bond motifs is 3. The Morgan fingerprint density at radius 3 is 1.53 bits per heavy atom. The maximum atomic E-state index is 6.62. The summed E-state index contributed by atoms with van der Waals surface area (Å²) in [5.74, 6) is 0.888. The van der Waals surface area contributed by atoms with Gasteiger partial charge in [0.15, 0.2) is 0 Å². The Kier molecular flexibility index (Phi) is 6.51. The molecular formula is C44H30O. The van der Waals surface area contributed by atoms with E-state index in [9.17, 15) is 0 Å². The quantitative estimate of drug-likeness (QED) is 0.192. The fourth-order valence-corrected chi connectivity index (χ4v) is 6.88. The van der Waals surface area contributed by atoms with E-state index < -0.39 is 0 Å². The highest BCUT2D eigenvalue weighted by Gasteiger charge is 2.21. The lowest BCUT2D eigenvalue weighted by molar-refractivity contribution is 0.633. The van der Waals surface area contributed by atoms with Crippen molar-refractivity contribution in [1.82, 2.24) is 0 Å². The van der Waals surface area contributed by atoms with Crippen molar-refractivity contribution in [2.24, 2.45) is 0 Å². The molecule has 0 aliphatic carbocycles. The summed E-state index contributed by atoms with van der Waals surface area (Å²) in [5, 5.41) is 5.86. The highest BCUT2D eigenvalue weighted by atomic mass is 16.3. The van der Waals surface area contributed by atoms with Crippen molar-refractivity contribution < 1.29 is 4.42 Å². The Bertz CT molecular complexity index is 2380. The minimum Gasteiger partial charge on any atom is -0.455 e. The minimum absolute atomic E-state index is 0.881. The molecule has 0 aliphatic rings. The first-order valence-electron chi connectivity index (χ1n) is 15.3. The van der Waals surface area contributed by atoms with E-state index in [0.717, 1.165) is 55.7 Å². The third kappa shape index (κ3) is 4.32. The van der Waals surface area contributed by atoms with Crippen LogP contribution in [0.3, 0.4) is 0 Å². The van der Waals surface area contributed by atoms with E-state index in [1.807, 2.05) is 18.2 Å². The predicted octanol–water partition coefficient (Wildman–Crippen LogP) is 12.7. The van der Waals surface area contributed by atoms with Gasteiger partial charge in [-0.15, -0.1) is 0 Å². The standard InChI is InChI=1S/C44H30O/c1-3-33-34(4-2)42(37-21-11-10-20-36(37)41(33)30-16-6-5-7-17-30)31-25-27-32(28-26-31)43-39-22-12-13-24-40(39)45-44(43)38-23-14-18-29-15-8-9-19-35(29)38/h3-28H,1-2H2. The largest absolute Gasteiger partial charge is 0.455 e. The van der Waals surface area contributed by atoms with Crippen LogP contribution in [0.1, 0.15) is 11.1 Å². The Hall–Kier alpha value is -5.92. The zero-order valence-corrected chi connectivity index (χ0v) is 24.8. The Labute approximate surface area is 263 Å². The smallest absolute Gasteiger partial charge is 0.143 e. The van der Waals surface area contributed by atoms with Crippen molar-refractivity contribution >= 4 is 44.7 Å². The van der Waals surface area contributed by atoms with Crippen LogP contribution >= 0.6 is 0 Å². The Morgan fingerprint density at radius 2 is 0.889 bits per heavy atom. The second-order valence-electron chi connectivity index (χ2n) is 11.3. The summed E-state index contributed by atoms with van der Waals surface area (Å²) in [4.78, 5) is 0. The van der Waals surface area contributed by atoms with Crippen molar-refractivity contribution in [3.63, 3.8) is 0 Å². The fraction of sp³-hybridized carbons (Fsp3) is 0. The molecular weight excluding hydrogens is 544 g/mol. The first-order valence-corrected chi connectivity index (χ1v) is 15.3. The molecule has 7 aromatic carbocycles. The van der Waals surface area contributed by atoms with E-state index in [1.54, 1.807) is 0 Å². The summed E-state index contributed by atoms with van der Waals surface area (Å²) in [6.45, 7) is 8.52. The van der Waals surface area contributed by atoms with Crippen molar-refractivity contribution in [2.45, 2.75) is 0 Å². The highest BCUT2D eigenvalue weighted by molar-refractivity contribution is 6.12. The zero-order chi connectivity index (χ0) is 30.3. The lowest BCUT2D eigenvalue weighted by Crippen LogP contribution is -1.96. The van der Waals surface area contributed by atoms with Gasteiger partial charge in [-0.25, -0.2) is 0 Å². The molecule has 8 aromatic rings. The molecule has 1 nitrogen and oxygen atoms in total. The average Bonchev–Trinajstić information content (AvgIpc) is 3.50. The SMILES string of the molecule is C=Cc1c(C=C)c(-c2ccc(-c3c(-c4cccc5ccccc45)oc4ccccc34)cc2)c2ccccc2c1-c1ccccc1. The maximum absolute atomic E-state index is 6.62. The van der Waals surface area contributed by atoms with Crippen LogP contribution in [0, 0.1) is 0 Å². The molecule has 1 heteroatoms. The minimum atomic E-state index is 0.881. The molecule has 0 amide bonds. The number of rotatable bonds is 6. The summed E-state index contributed by atoms with van der Waals surface area (Å²) in [7, 11) is 0. The molecule has 1 heterocycles. The lowest BCUT2D eigenvalue weighted by atomic mass is 9.83. The fourth-order valence-electron chi connectivity index (χ4n) is 6.88.